The maximum absolute atomic E-state index is 13.9. The van der Waals surface area contributed by atoms with E-state index < -0.39 is 5.97 Å². The molecule has 116 valence electrons. The van der Waals surface area contributed by atoms with E-state index in [2.05, 4.69) is 5.10 Å². The van der Waals surface area contributed by atoms with Gasteiger partial charge in [-0.2, -0.15) is 5.10 Å². The zero-order chi connectivity index (χ0) is 15.7. The monoisotopic (exact) mass is 322 g/mol. The van der Waals surface area contributed by atoms with Crippen LogP contribution in [0.5, 0.6) is 0 Å². The Morgan fingerprint density at radius 3 is 3.05 bits per heavy atom. The normalized spacial score (nSPS) is 17.3. The lowest BCUT2D eigenvalue weighted by molar-refractivity contribution is -0.137. The van der Waals surface area contributed by atoms with Gasteiger partial charge in [-0.05, 0) is 42.9 Å². The first-order valence-electron chi connectivity index (χ1n) is 7.25. The summed E-state index contributed by atoms with van der Waals surface area (Å²) in [5.41, 5.74) is 2.38. The molecule has 0 radical (unpaired) electrons. The molecule has 3 rings (SSSR count). The molecule has 6 heteroatoms. The molecule has 1 aromatic heterocycles. The number of nitrogens with zero attached hydrogens (tertiary/aromatic N) is 2. The molecule has 1 N–H and O–H groups in total. The van der Waals surface area contributed by atoms with Crippen LogP contribution < -0.4 is 0 Å². The van der Waals surface area contributed by atoms with Crippen LogP contribution in [0, 0.1) is 5.82 Å². The third-order valence-electron chi connectivity index (χ3n) is 4.18. The second-order valence-electron chi connectivity index (χ2n) is 5.59. The van der Waals surface area contributed by atoms with E-state index in [1.54, 1.807) is 23.0 Å². The molecule has 0 bridgehead atoms. The van der Waals surface area contributed by atoms with Crippen molar-refractivity contribution in [2.24, 2.45) is 0 Å². The zero-order valence-electron chi connectivity index (χ0n) is 11.9. The molecule has 1 aliphatic carbocycles. The highest BCUT2D eigenvalue weighted by molar-refractivity contribution is 6.31. The first-order valence-corrected chi connectivity index (χ1v) is 7.63. The summed E-state index contributed by atoms with van der Waals surface area (Å²) < 4.78 is 15.7. The molecule has 0 amide bonds. The maximum Gasteiger partial charge on any atom is 0.303 e. The predicted molar refractivity (Wildman–Crippen MR) is 80.7 cm³/mol. The predicted octanol–water partition coefficient (Wildman–Crippen LogP) is 3.62. The minimum atomic E-state index is -0.803. The average molecular weight is 323 g/mol. The highest BCUT2D eigenvalue weighted by Crippen LogP contribution is 2.34. The van der Waals surface area contributed by atoms with Crippen LogP contribution in [0.4, 0.5) is 4.39 Å². The largest absolute Gasteiger partial charge is 0.481 e. The summed E-state index contributed by atoms with van der Waals surface area (Å²) in [5.74, 6) is -1.16. The molecule has 1 unspecified atom stereocenters. The van der Waals surface area contributed by atoms with E-state index in [0.29, 0.717) is 10.6 Å². The molecule has 1 heterocycles. The van der Waals surface area contributed by atoms with Crippen molar-refractivity contribution < 1.29 is 14.3 Å². The zero-order valence-corrected chi connectivity index (χ0v) is 12.7. The fourth-order valence-electron chi connectivity index (χ4n) is 3.10. The summed E-state index contributed by atoms with van der Waals surface area (Å²) >= 11 is 6.07. The van der Waals surface area contributed by atoms with Crippen molar-refractivity contribution in [1.29, 1.82) is 0 Å². The number of aromatic nitrogens is 2. The number of hydrogen-bond donors (Lipinski definition) is 1. The molecule has 0 saturated heterocycles. The Kier molecular flexibility index (Phi) is 4.16. The van der Waals surface area contributed by atoms with Crippen molar-refractivity contribution in [3.8, 4) is 0 Å². The van der Waals surface area contributed by atoms with Crippen molar-refractivity contribution in [2.75, 3.05) is 0 Å². The van der Waals surface area contributed by atoms with Gasteiger partial charge in [0.05, 0.1) is 19.2 Å². The molecule has 1 atom stereocenters. The minimum Gasteiger partial charge on any atom is -0.481 e. The van der Waals surface area contributed by atoms with Crippen molar-refractivity contribution in [2.45, 2.75) is 38.1 Å². The van der Waals surface area contributed by atoms with Crippen molar-refractivity contribution in [3.63, 3.8) is 0 Å². The van der Waals surface area contributed by atoms with Gasteiger partial charge in [-0.1, -0.05) is 17.7 Å². The summed E-state index contributed by atoms with van der Waals surface area (Å²) in [4.78, 5) is 11.0. The Bertz CT molecular complexity index is 694. The minimum absolute atomic E-state index is 0.00825. The number of fused-ring (bicyclic) bond motifs is 1. The second kappa shape index (κ2) is 6.08. The molecule has 0 fully saturated rings. The van der Waals surface area contributed by atoms with E-state index in [4.69, 9.17) is 16.7 Å². The summed E-state index contributed by atoms with van der Waals surface area (Å²) in [6.45, 7) is 0.265. The Morgan fingerprint density at radius 1 is 1.50 bits per heavy atom. The van der Waals surface area contributed by atoms with Crippen molar-refractivity contribution in [3.05, 3.63) is 52.1 Å². The molecule has 1 aliphatic rings. The fraction of sp³-hybridized carbons (Fsp3) is 0.375. The van der Waals surface area contributed by atoms with Gasteiger partial charge < -0.3 is 5.11 Å². The van der Waals surface area contributed by atoms with Gasteiger partial charge in [0, 0.05) is 16.3 Å². The molecule has 0 saturated carbocycles. The average Bonchev–Trinajstić information content (AvgIpc) is 2.87. The van der Waals surface area contributed by atoms with Crippen LogP contribution >= 0.6 is 11.6 Å². The van der Waals surface area contributed by atoms with E-state index in [9.17, 15) is 9.18 Å². The van der Waals surface area contributed by atoms with Crippen LogP contribution in [-0.4, -0.2) is 20.9 Å². The summed E-state index contributed by atoms with van der Waals surface area (Å²) in [6.07, 6.45) is 4.43. The van der Waals surface area contributed by atoms with Crippen LogP contribution in [0.1, 0.15) is 42.0 Å². The van der Waals surface area contributed by atoms with E-state index in [0.717, 1.165) is 30.5 Å². The third kappa shape index (κ3) is 2.86. The Balaban J connectivity index is 1.91. The quantitative estimate of drug-likeness (QED) is 0.935. The van der Waals surface area contributed by atoms with Crippen LogP contribution in [0.3, 0.4) is 0 Å². The van der Waals surface area contributed by atoms with E-state index >= 15 is 0 Å². The van der Waals surface area contributed by atoms with E-state index in [1.165, 1.54) is 6.07 Å². The topological polar surface area (TPSA) is 55.1 Å². The highest BCUT2D eigenvalue weighted by Gasteiger charge is 2.26. The smallest absolute Gasteiger partial charge is 0.303 e. The summed E-state index contributed by atoms with van der Waals surface area (Å²) in [6, 6.07) is 4.61. The second-order valence-corrected chi connectivity index (χ2v) is 6.00. The van der Waals surface area contributed by atoms with Gasteiger partial charge in [0.25, 0.3) is 0 Å². The molecule has 22 heavy (non-hydrogen) atoms. The van der Waals surface area contributed by atoms with Gasteiger partial charge >= 0.3 is 5.97 Å². The van der Waals surface area contributed by atoms with Crippen molar-refractivity contribution in [1.82, 2.24) is 9.78 Å². The lowest BCUT2D eigenvalue weighted by atomic mass is 9.85. The van der Waals surface area contributed by atoms with Gasteiger partial charge in [-0.25, -0.2) is 4.39 Å². The van der Waals surface area contributed by atoms with Crippen LogP contribution in [0.25, 0.3) is 0 Å². The Morgan fingerprint density at radius 2 is 2.32 bits per heavy atom. The first-order chi connectivity index (χ1) is 10.6. The molecular weight excluding hydrogens is 307 g/mol. The summed E-state index contributed by atoms with van der Waals surface area (Å²) in [7, 11) is 0. The number of aliphatic carboxylic acids is 1. The Labute approximate surface area is 132 Å². The number of benzene rings is 1. The number of carboxylic acids is 1. The lowest BCUT2D eigenvalue weighted by Crippen LogP contribution is -2.16. The standard InChI is InChI=1S/C16H16ClFN2O2/c17-13-4-2-5-14(18)12(13)9-20-15-6-1-3-10(7-16(21)22)11(15)8-19-20/h2,4-5,8,10H,1,3,6-7,9H2,(H,21,22). The number of carbonyl (C=O) groups is 1. The first kappa shape index (κ1) is 15.0. The van der Waals surface area contributed by atoms with Crippen LogP contribution in [0.15, 0.2) is 24.4 Å². The number of halogens is 2. The van der Waals surface area contributed by atoms with Crippen molar-refractivity contribution >= 4 is 17.6 Å². The molecular formula is C16H16ClFN2O2. The summed E-state index contributed by atoms with van der Waals surface area (Å²) in [5, 5.41) is 13.7. The SMILES string of the molecule is O=C(O)CC1CCCc2c1cnn2Cc1c(F)cccc1Cl. The number of hydrogen-bond acceptors (Lipinski definition) is 2. The third-order valence-corrected chi connectivity index (χ3v) is 4.53. The molecule has 1 aromatic carbocycles. The van der Waals surface area contributed by atoms with Gasteiger partial charge in [0.15, 0.2) is 0 Å². The lowest BCUT2D eigenvalue weighted by Gasteiger charge is -2.22. The van der Waals surface area contributed by atoms with Gasteiger partial charge in [0.2, 0.25) is 0 Å². The van der Waals surface area contributed by atoms with E-state index in [1.807, 2.05) is 0 Å². The maximum atomic E-state index is 13.9. The molecule has 4 nitrogen and oxygen atoms in total. The Hall–Kier alpha value is -1.88. The molecule has 2 aromatic rings. The van der Waals surface area contributed by atoms with Crippen LogP contribution in [0.2, 0.25) is 5.02 Å². The van der Waals surface area contributed by atoms with Gasteiger partial charge in [0.1, 0.15) is 5.82 Å². The number of rotatable bonds is 4. The van der Waals surface area contributed by atoms with Gasteiger partial charge in [-0.15, -0.1) is 0 Å². The molecule has 0 aliphatic heterocycles. The number of carboxylic acid groups (broad SMARTS) is 1. The van der Waals surface area contributed by atoms with E-state index in [-0.39, 0.29) is 24.7 Å². The van der Waals surface area contributed by atoms with Gasteiger partial charge in [-0.3, -0.25) is 9.48 Å². The molecule has 0 spiro atoms. The highest BCUT2D eigenvalue weighted by atomic mass is 35.5. The van der Waals surface area contributed by atoms with Crippen LogP contribution in [-0.2, 0) is 17.8 Å². The fourth-order valence-corrected chi connectivity index (χ4v) is 3.33.